The second-order valence-electron chi connectivity index (χ2n) is 8.23. The molecule has 3 aliphatic rings. The highest BCUT2D eigenvalue weighted by atomic mass is 16.5. The maximum atomic E-state index is 5.68. The molecule has 3 saturated carbocycles. The Hall–Kier alpha value is -1.06. The van der Waals surface area contributed by atoms with Crippen molar-refractivity contribution < 1.29 is 4.74 Å². The number of rotatable bonds is 8. The molecule has 0 spiro atoms. The summed E-state index contributed by atoms with van der Waals surface area (Å²) in [6.45, 7) is 13.1. The summed E-state index contributed by atoms with van der Waals surface area (Å²) in [6, 6.07) is 9.02. The van der Waals surface area contributed by atoms with Gasteiger partial charge in [0.15, 0.2) is 0 Å². The number of para-hydroxylation sites is 1. The molecular weight excluding hydrogens is 296 g/mol. The van der Waals surface area contributed by atoms with E-state index in [-0.39, 0.29) is 0 Å². The lowest BCUT2D eigenvalue weighted by atomic mass is 9.45. The van der Waals surface area contributed by atoms with E-state index >= 15 is 0 Å². The van der Waals surface area contributed by atoms with Gasteiger partial charge in [-0.15, -0.1) is 0 Å². The van der Waals surface area contributed by atoms with Crippen molar-refractivity contribution in [3.63, 3.8) is 0 Å². The first kappa shape index (κ1) is 17.8. The number of hydrogen-bond acceptors (Lipinski definition) is 3. The van der Waals surface area contributed by atoms with Gasteiger partial charge in [0, 0.05) is 31.2 Å². The number of fused-ring (bicyclic) bond motifs is 2. The van der Waals surface area contributed by atoms with Crippen molar-refractivity contribution in [2.75, 3.05) is 19.7 Å². The number of benzene rings is 1. The minimum Gasteiger partial charge on any atom is -0.494 e. The lowest BCUT2D eigenvalue weighted by molar-refractivity contribution is -0.114. The van der Waals surface area contributed by atoms with Crippen molar-refractivity contribution in [2.45, 2.75) is 53.1 Å². The maximum Gasteiger partial charge on any atom is 0.123 e. The lowest BCUT2D eigenvalue weighted by Crippen LogP contribution is -2.60. The van der Waals surface area contributed by atoms with E-state index in [1.807, 2.05) is 13.0 Å². The second-order valence-corrected chi connectivity index (χ2v) is 8.23. The van der Waals surface area contributed by atoms with Crippen LogP contribution < -0.4 is 15.4 Å². The van der Waals surface area contributed by atoms with Gasteiger partial charge in [0.1, 0.15) is 5.75 Å². The van der Waals surface area contributed by atoms with Gasteiger partial charge in [0.25, 0.3) is 0 Å². The summed E-state index contributed by atoms with van der Waals surface area (Å²) in [6.07, 6.45) is 2.82. The molecule has 0 unspecified atom stereocenters. The Bertz CT molecular complexity index is 542. The third-order valence-corrected chi connectivity index (χ3v) is 6.65. The highest BCUT2D eigenvalue weighted by Gasteiger charge is 2.55. The van der Waals surface area contributed by atoms with Crippen LogP contribution in [0.4, 0.5) is 0 Å². The molecule has 4 atom stereocenters. The molecule has 3 nitrogen and oxygen atoms in total. The quantitative estimate of drug-likeness (QED) is 0.711. The Kier molecular flexibility index (Phi) is 5.51. The van der Waals surface area contributed by atoms with Crippen molar-refractivity contribution >= 4 is 0 Å². The lowest BCUT2D eigenvalue weighted by Gasteiger charge is -2.62. The van der Waals surface area contributed by atoms with Gasteiger partial charge in [-0.3, -0.25) is 0 Å². The van der Waals surface area contributed by atoms with E-state index in [2.05, 4.69) is 49.6 Å². The van der Waals surface area contributed by atoms with Crippen LogP contribution >= 0.6 is 0 Å². The van der Waals surface area contributed by atoms with E-state index in [9.17, 15) is 0 Å². The fourth-order valence-corrected chi connectivity index (χ4v) is 4.93. The molecule has 3 aliphatic carbocycles. The van der Waals surface area contributed by atoms with Gasteiger partial charge in [-0.05, 0) is 49.0 Å². The van der Waals surface area contributed by atoms with Gasteiger partial charge >= 0.3 is 0 Å². The standard InChI is InChI=1S/C21H34N2O/c1-5-24-20-9-7-6-8-16(20)14-22-10-11-23-19-13-17-12-18(15(19)2)21(17,3)4/h6-9,15,17-19,22-23H,5,10-14H2,1-4H3/t15-,17+,18-,19-/m1/s1. The Labute approximate surface area is 147 Å². The van der Waals surface area contributed by atoms with Crippen LogP contribution in [0.15, 0.2) is 24.3 Å². The van der Waals surface area contributed by atoms with Gasteiger partial charge in [0.05, 0.1) is 6.61 Å². The first-order valence-corrected chi connectivity index (χ1v) is 9.68. The molecule has 24 heavy (non-hydrogen) atoms. The summed E-state index contributed by atoms with van der Waals surface area (Å²) in [7, 11) is 0. The van der Waals surface area contributed by atoms with Gasteiger partial charge in [0.2, 0.25) is 0 Å². The Morgan fingerprint density at radius 3 is 2.67 bits per heavy atom. The van der Waals surface area contributed by atoms with E-state index in [4.69, 9.17) is 4.74 Å². The zero-order valence-corrected chi connectivity index (χ0v) is 15.8. The summed E-state index contributed by atoms with van der Waals surface area (Å²) < 4.78 is 5.68. The smallest absolute Gasteiger partial charge is 0.123 e. The van der Waals surface area contributed by atoms with Crippen LogP contribution in [0.5, 0.6) is 5.75 Å². The Morgan fingerprint density at radius 2 is 1.96 bits per heavy atom. The van der Waals surface area contributed by atoms with Crippen molar-refractivity contribution in [1.82, 2.24) is 10.6 Å². The minimum atomic E-state index is 0.582. The molecule has 1 aromatic carbocycles. The third kappa shape index (κ3) is 3.48. The molecule has 0 saturated heterocycles. The van der Waals surface area contributed by atoms with Gasteiger partial charge in [-0.2, -0.15) is 0 Å². The Morgan fingerprint density at radius 1 is 1.17 bits per heavy atom. The number of ether oxygens (including phenoxy) is 1. The van der Waals surface area contributed by atoms with Crippen LogP contribution in [0.25, 0.3) is 0 Å². The van der Waals surface area contributed by atoms with E-state index in [1.165, 1.54) is 18.4 Å². The van der Waals surface area contributed by atoms with Crippen LogP contribution in [0.2, 0.25) is 0 Å². The van der Waals surface area contributed by atoms with Crippen molar-refractivity contribution in [2.24, 2.45) is 23.2 Å². The zero-order chi connectivity index (χ0) is 17.2. The molecule has 0 radical (unpaired) electrons. The van der Waals surface area contributed by atoms with Crippen molar-refractivity contribution in [3.05, 3.63) is 29.8 Å². The summed E-state index contributed by atoms with van der Waals surface area (Å²) >= 11 is 0. The summed E-state index contributed by atoms with van der Waals surface area (Å²) in [5.74, 6) is 3.66. The molecule has 1 aromatic rings. The van der Waals surface area contributed by atoms with Crippen LogP contribution in [0.3, 0.4) is 0 Å². The van der Waals surface area contributed by atoms with Crippen LogP contribution in [0.1, 0.15) is 46.1 Å². The fourth-order valence-electron chi connectivity index (χ4n) is 4.93. The highest BCUT2D eigenvalue weighted by Crippen LogP contribution is 2.61. The Balaban J connectivity index is 1.38. The average molecular weight is 331 g/mol. The average Bonchev–Trinajstić information content (AvgIpc) is 2.57. The number of nitrogens with one attached hydrogen (secondary N) is 2. The largest absolute Gasteiger partial charge is 0.494 e. The molecule has 4 rings (SSSR count). The molecule has 134 valence electrons. The monoisotopic (exact) mass is 330 g/mol. The number of hydrogen-bond donors (Lipinski definition) is 2. The maximum absolute atomic E-state index is 5.68. The summed E-state index contributed by atoms with van der Waals surface area (Å²) in [5, 5.41) is 7.35. The predicted molar refractivity (Wildman–Crippen MR) is 100 cm³/mol. The second kappa shape index (κ2) is 7.45. The molecule has 0 aromatic heterocycles. The molecule has 2 bridgehead atoms. The van der Waals surface area contributed by atoms with Crippen molar-refractivity contribution in [3.8, 4) is 5.75 Å². The molecule has 0 aliphatic heterocycles. The van der Waals surface area contributed by atoms with E-state index < -0.39 is 0 Å². The summed E-state index contributed by atoms with van der Waals surface area (Å²) in [4.78, 5) is 0. The third-order valence-electron chi connectivity index (χ3n) is 6.65. The van der Waals surface area contributed by atoms with Crippen LogP contribution in [-0.2, 0) is 6.54 Å². The molecule has 2 N–H and O–H groups in total. The van der Waals surface area contributed by atoms with E-state index in [0.29, 0.717) is 11.5 Å². The predicted octanol–water partition coefficient (Wildman–Crippen LogP) is 3.84. The van der Waals surface area contributed by atoms with Gasteiger partial charge in [-0.1, -0.05) is 39.0 Å². The first-order valence-electron chi connectivity index (χ1n) is 9.68. The highest BCUT2D eigenvalue weighted by molar-refractivity contribution is 5.33. The normalized spacial score (nSPS) is 30.7. The topological polar surface area (TPSA) is 33.3 Å². The van der Waals surface area contributed by atoms with E-state index in [1.54, 1.807) is 0 Å². The van der Waals surface area contributed by atoms with Gasteiger partial charge in [-0.25, -0.2) is 0 Å². The zero-order valence-electron chi connectivity index (χ0n) is 15.8. The molecule has 0 amide bonds. The van der Waals surface area contributed by atoms with E-state index in [0.717, 1.165) is 49.7 Å². The van der Waals surface area contributed by atoms with Crippen LogP contribution in [0, 0.1) is 23.2 Å². The SMILES string of the molecule is CCOc1ccccc1CNCCN[C@@H]1C[C@@H]2C[C@H]([C@H]1C)C2(C)C. The molecule has 0 heterocycles. The fraction of sp³-hybridized carbons (Fsp3) is 0.714. The van der Waals surface area contributed by atoms with Crippen molar-refractivity contribution in [1.29, 1.82) is 0 Å². The summed E-state index contributed by atoms with van der Waals surface area (Å²) in [5.41, 5.74) is 1.83. The first-order chi connectivity index (χ1) is 11.5. The van der Waals surface area contributed by atoms with Crippen LogP contribution in [-0.4, -0.2) is 25.7 Å². The van der Waals surface area contributed by atoms with Gasteiger partial charge < -0.3 is 15.4 Å². The molecule has 3 heteroatoms. The molecule has 3 fully saturated rings. The molecular formula is C21H34N2O. The minimum absolute atomic E-state index is 0.582.